The van der Waals surface area contributed by atoms with Crippen LogP contribution in [0, 0.1) is 0 Å². The zero-order chi connectivity index (χ0) is 24.2. The predicted octanol–water partition coefficient (Wildman–Crippen LogP) is 4.22. The fraction of sp³-hybridized carbons (Fsp3) is 0.320. The normalized spacial score (nSPS) is 15.3. The number of hydrogen-bond donors (Lipinski definition) is 1. The Kier molecular flexibility index (Phi) is 6.87. The van der Waals surface area contributed by atoms with E-state index in [0.717, 1.165) is 27.9 Å². The van der Waals surface area contributed by atoms with Gasteiger partial charge in [-0.25, -0.2) is 14.5 Å². The summed E-state index contributed by atoms with van der Waals surface area (Å²) < 4.78 is 18.1. The van der Waals surface area contributed by atoms with E-state index in [4.69, 9.17) is 25.8 Å². The molecule has 1 amide bonds. The van der Waals surface area contributed by atoms with Gasteiger partial charge in [0.25, 0.3) is 0 Å². The van der Waals surface area contributed by atoms with E-state index in [1.54, 1.807) is 23.0 Å². The van der Waals surface area contributed by atoms with Gasteiger partial charge in [-0.1, -0.05) is 23.7 Å². The van der Waals surface area contributed by atoms with E-state index in [1.807, 2.05) is 42.5 Å². The number of aromatic nitrogens is 4. The van der Waals surface area contributed by atoms with Crippen LogP contribution in [0.2, 0.25) is 5.02 Å². The first-order valence-electron chi connectivity index (χ1n) is 11.4. The van der Waals surface area contributed by atoms with Crippen LogP contribution in [-0.4, -0.2) is 64.2 Å². The molecule has 0 spiro atoms. The first kappa shape index (κ1) is 23.2. The van der Waals surface area contributed by atoms with Crippen molar-refractivity contribution in [3.8, 4) is 5.75 Å². The van der Waals surface area contributed by atoms with Crippen LogP contribution in [0.25, 0.3) is 10.9 Å². The van der Waals surface area contributed by atoms with Crippen LogP contribution in [0.5, 0.6) is 5.75 Å². The summed E-state index contributed by atoms with van der Waals surface area (Å²) in [6.07, 6.45) is 3.48. The maximum atomic E-state index is 13.0. The Balaban J connectivity index is 1.42. The summed E-state index contributed by atoms with van der Waals surface area (Å²) in [6, 6.07) is 13.3. The summed E-state index contributed by atoms with van der Waals surface area (Å²) >= 11 is 6.28. The summed E-state index contributed by atoms with van der Waals surface area (Å²) in [5, 5.41) is 5.84. The highest BCUT2D eigenvalue weighted by atomic mass is 35.5. The highest BCUT2D eigenvalue weighted by Crippen LogP contribution is 2.39. The number of fused-ring (bicyclic) bond motifs is 3. The molecule has 4 aromatic rings. The summed E-state index contributed by atoms with van der Waals surface area (Å²) in [7, 11) is 1.58. The van der Waals surface area contributed by atoms with Gasteiger partial charge in [0.1, 0.15) is 37.7 Å². The first-order valence-corrected chi connectivity index (χ1v) is 11.8. The average Bonchev–Trinajstić information content (AvgIpc) is 3.52. The number of ether oxygens (including phenoxy) is 3. The van der Waals surface area contributed by atoms with Crippen molar-refractivity contribution in [2.45, 2.75) is 19.0 Å². The molecule has 0 fully saturated rings. The third kappa shape index (κ3) is 4.96. The Labute approximate surface area is 207 Å². The molecular weight excluding hydrogens is 470 g/mol. The van der Waals surface area contributed by atoms with Gasteiger partial charge in [-0.2, -0.15) is 5.10 Å². The van der Waals surface area contributed by atoms with Gasteiger partial charge in [0, 0.05) is 35.3 Å². The van der Waals surface area contributed by atoms with Crippen LogP contribution >= 0.6 is 11.6 Å². The van der Waals surface area contributed by atoms with Crippen molar-refractivity contribution in [3.05, 3.63) is 77.0 Å². The monoisotopic (exact) mass is 495 g/mol. The number of methoxy groups -OCH3 is 1. The second kappa shape index (κ2) is 10.4. The van der Waals surface area contributed by atoms with Gasteiger partial charge in [0.05, 0.1) is 13.2 Å². The van der Waals surface area contributed by atoms with Crippen LogP contribution in [0.4, 0.5) is 4.79 Å². The van der Waals surface area contributed by atoms with Gasteiger partial charge in [-0.3, -0.25) is 4.90 Å². The van der Waals surface area contributed by atoms with Crippen molar-refractivity contribution in [1.29, 1.82) is 0 Å². The number of carbonyl (C=O) groups excluding carboxylic acids is 1. The molecule has 0 aliphatic carbocycles. The fourth-order valence-electron chi connectivity index (χ4n) is 4.45. The Hall–Kier alpha value is -3.56. The topological polar surface area (TPSA) is 94.5 Å². The van der Waals surface area contributed by atoms with E-state index < -0.39 is 0 Å². The molecular formula is C25H26ClN5O4. The van der Waals surface area contributed by atoms with Gasteiger partial charge in [-0.05, 0) is 47.9 Å². The SMILES string of the molecule is COCCOC(=O)N1CCc2c([nH]c3ccc(Cl)cc23)C1c1ccc(OCCn2cncn2)cc1. The zero-order valence-corrected chi connectivity index (χ0v) is 20.1. The largest absolute Gasteiger partial charge is 0.492 e. The molecule has 35 heavy (non-hydrogen) atoms. The molecule has 182 valence electrons. The minimum atomic E-state index is -0.373. The second-order valence-electron chi connectivity index (χ2n) is 8.24. The number of nitrogens with zero attached hydrogens (tertiary/aromatic N) is 4. The number of amides is 1. The Bertz CT molecular complexity index is 1290. The Morgan fingerprint density at radius 3 is 2.80 bits per heavy atom. The number of aromatic amines is 1. The number of halogens is 1. The van der Waals surface area contributed by atoms with Gasteiger partial charge >= 0.3 is 6.09 Å². The van der Waals surface area contributed by atoms with E-state index in [1.165, 1.54) is 11.9 Å². The lowest BCUT2D eigenvalue weighted by Crippen LogP contribution is -2.41. The molecule has 5 rings (SSSR count). The molecule has 2 aromatic carbocycles. The number of hydrogen-bond acceptors (Lipinski definition) is 6. The maximum absolute atomic E-state index is 13.0. The minimum Gasteiger partial charge on any atom is -0.492 e. The van der Waals surface area contributed by atoms with Crippen molar-refractivity contribution in [3.63, 3.8) is 0 Å². The highest BCUT2D eigenvalue weighted by Gasteiger charge is 2.35. The Morgan fingerprint density at radius 1 is 1.17 bits per heavy atom. The lowest BCUT2D eigenvalue weighted by Gasteiger charge is -2.35. The van der Waals surface area contributed by atoms with Crippen LogP contribution in [-0.2, 0) is 22.4 Å². The van der Waals surface area contributed by atoms with E-state index in [-0.39, 0.29) is 18.7 Å². The number of H-pyrrole nitrogens is 1. The molecule has 1 aliphatic heterocycles. The standard InChI is InChI=1S/C25H26ClN5O4/c1-33-12-13-35-25(32)31-9-8-20-21-14-18(26)4-7-22(21)29-23(20)24(31)17-2-5-19(6-3-17)34-11-10-30-16-27-15-28-30/h2-7,14-16,24,29H,8-13H2,1H3. The summed E-state index contributed by atoms with van der Waals surface area (Å²) in [5.74, 6) is 0.738. The van der Waals surface area contributed by atoms with Crippen molar-refractivity contribution in [2.75, 3.05) is 33.5 Å². The molecule has 1 aliphatic rings. The molecule has 1 N–H and O–H groups in total. The molecule has 0 radical (unpaired) electrons. The Morgan fingerprint density at radius 2 is 2.03 bits per heavy atom. The quantitative estimate of drug-likeness (QED) is 0.368. The van der Waals surface area contributed by atoms with Crippen molar-refractivity contribution < 1.29 is 19.0 Å². The smallest absolute Gasteiger partial charge is 0.410 e. The molecule has 10 heteroatoms. The van der Waals surface area contributed by atoms with E-state index in [9.17, 15) is 4.79 Å². The highest BCUT2D eigenvalue weighted by molar-refractivity contribution is 6.31. The fourth-order valence-corrected chi connectivity index (χ4v) is 4.62. The van der Waals surface area contributed by atoms with E-state index >= 15 is 0 Å². The van der Waals surface area contributed by atoms with Gasteiger partial charge in [0.15, 0.2) is 0 Å². The first-order chi connectivity index (χ1) is 17.1. The zero-order valence-electron chi connectivity index (χ0n) is 19.3. The summed E-state index contributed by atoms with van der Waals surface area (Å²) in [4.78, 5) is 22.3. The number of nitrogens with one attached hydrogen (secondary N) is 1. The number of benzene rings is 2. The molecule has 9 nitrogen and oxygen atoms in total. The van der Waals surface area contributed by atoms with Crippen LogP contribution in [0.15, 0.2) is 55.1 Å². The number of carbonyl (C=O) groups is 1. The third-order valence-corrected chi connectivity index (χ3v) is 6.32. The van der Waals surface area contributed by atoms with Crippen molar-refractivity contribution >= 4 is 28.6 Å². The predicted molar refractivity (Wildman–Crippen MR) is 131 cm³/mol. The van der Waals surface area contributed by atoms with Crippen LogP contribution in [0.1, 0.15) is 22.9 Å². The lowest BCUT2D eigenvalue weighted by molar-refractivity contribution is 0.0629. The summed E-state index contributed by atoms with van der Waals surface area (Å²) in [6.45, 7) is 2.15. The van der Waals surface area contributed by atoms with Gasteiger partial charge < -0.3 is 19.2 Å². The molecule has 0 bridgehead atoms. The molecule has 2 aromatic heterocycles. The molecule has 1 unspecified atom stereocenters. The second-order valence-corrected chi connectivity index (χ2v) is 8.67. The molecule has 0 saturated heterocycles. The summed E-state index contributed by atoms with van der Waals surface area (Å²) in [5.41, 5.74) is 4.08. The van der Waals surface area contributed by atoms with Crippen molar-refractivity contribution in [2.24, 2.45) is 0 Å². The molecule has 1 atom stereocenters. The van der Waals surface area contributed by atoms with Crippen molar-refractivity contribution in [1.82, 2.24) is 24.6 Å². The average molecular weight is 496 g/mol. The maximum Gasteiger partial charge on any atom is 0.410 e. The molecule has 0 saturated carbocycles. The van der Waals surface area contributed by atoms with Gasteiger partial charge in [-0.15, -0.1) is 0 Å². The molecule has 3 heterocycles. The van der Waals surface area contributed by atoms with Crippen LogP contribution < -0.4 is 4.74 Å². The minimum absolute atomic E-state index is 0.201. The van der Waals surface area contributed by atoms with Crippen LogP contribution in [0.3, 0.4) is 0 Å². The van der Waals surface area contributed by atoms with E-state index in [2.05, 4.69) is 15.1 Å². The number of rotatable bonds is 8. The van der Waals surface area contributed by atoms with E-state index in [0.29, 0.717) is 37.7 Å². The van der Waals surface area contributed by atoms with Gasteiger partial charge in [0.2, 0.25) is 0 Å². The lowest BCUT2D eigenvalue weighted by atomic mass is 9.92. The third-order valence-electron chi connectivity index (χ3n) is 6.09.